The van der Waals surface area contributed by atoms with Gasteiger partial charge < -0.3 is 19.1 Å². The van der Waals surface area contributed by atoms with Crippen molar-refractivity contribution in [3.63, 3.8) is 0 Å². The Hall–Kier alpha value is -1.59. The van der Waals surface area contributed by atoms with Crippen LogP contribution in [0.5, 0.6) is 5.75 Å². The van der Waals surface area contributed by atoms with E-state index in [0.717, 1.165) is 25.2 Å². The average Bonchev–Trinajstić information content (AvgIpc) is 2.60. The second-order valence-electron chi connectivity index (χ2n) is 5.89. The molecule has 1 amide bonds. The Bertz CT molecular complexity index is 459. The zero-order valence-electron chi connectivity index (χ0n) is 14.1. The number of carbonyl (C=O) groups excluding carboxylic acids is 1. The van der Waals surface area contributed by atoms with E-state index >= 15 is 0 Å². The summed E-state index contributed by atoms with van der Waals surface area (Å²) in [5, 5.41) is 0. The number of rotatable bonds is 8. The highest BCUT2D eigenvalue weighted by atomic mass is 16.5. The summed E-state index contributed by atoms with van der Waals surface area (Å²) in [7, 11) is 1.77. The minimum Gasteiger partial charge on any atom is -0.492 e. The van der Waals surface area contributed by atoms with Gasteiger partial charge in [-0.3, -0.25) is 4.79 Å². The van der Waals surface area contributed by atoms with Crippen LogP contribution in [0.2, 0.25) is 0 Å². The zero-order chi connectivity index (χ0) is 16.5. The molecule has 128 valence electrons. The van der Waals surface area contributed by atoms with Crippen molar-refractivity contribution in [3.05, 3.63) is 30.3 Å². The molecule has 0 bridgehead atoms. The second-order valence-corrected chi connectivity index (χ2v) is 5.89. The number of para-hydroxylation sites is 1. The number of ether oxygens (including phenoxy) is 3. The number of hydrogen-bond donors (Lipinski definition) is 0. The van der Waals surface area contributed by atoms with Crippen LogP contribution in [0.1, 0.15) is 26.2 Å². The van der Waals surface area contributed by atoms with Gasteiger partial charge in [0.2, 0.25) is 0 Å². The highest BCUT2D eigenvalue weighted by Gasteiger charge is 2.21. The molecule has 0 N–H and O–H groups in total. The summed E-state index contributed by atoms with van der Waals surface area (Å²) in [5.74, 6) is 0.782. The van der Waals surface area contributed by atoms with Gasteiger partial charge in [-0.05, 0) is 38.3 Å². The molecule has 5 heteroatoms. The lowest BCUT2D eigenvalue weighted by molar-refractivity contribution is -0.145. The van der Waals surface area contributed by atoms with Gasteiger partial charge >= 0.3 is 0 Å². The van der Waals surface area contributed by atoms with Crippen molar-refractivity contribution in [2.24, 2.45) is 0 Å². The number of benzene rings is 1. The maximum atomic E-state index is 12.3. The van der Waals surface area contributed by atoms with Crippen molar-refractivity contribution >= 4 is 5.91 Å². The summed E-state index contributed by atoms with van der Waals surface area (Å²) < 4.78 is 16.9. The fourth-order valence-electron chi connectivity index (χ4n) is 2.50. The van der Waals surface area contributed by atoms with Crippen molar-refractivity contribution in [3.8, 4) is 5.75 Å². The van der Waals surface area contributed by atoms with Crippen molar-refractivity contribution in [1.29, 1.82) is 0 Å². The van der Waals surface area contributed by atoms with E-state index < -0.39 is 6.10 Å². The van der Waals surface area contributed by atoms with Gasteiger partial charge in [-0.1, -0.05) is 18.2 Å². The molecule has 0 radical (unpaired) electrons. The normalized spacial score (nSPS) is 19.1. The molecule has 1 aliphatic rings. The maximum absolute atomic E-state index is 12.3. The molecule has 1 fully saturated rings. The Morgan fingerprint density at radius 1 is 1.35 bits per heavy atom. The summed E-state index contributed by atoms with van der Waals surface area (Å²) in [6.07, 6.45) is 2.98. The van der Waals surface area contributed by atoms with Crippen LogP contribution < -0.4 is 4.74 Å². The lowest BCUT2D eigenvalue weighted by Gasteiger charge is -2.26. The van der Waals surface area contributed by atoms with Gasteiger partial charge in [0.15, 0.2) is 0 Å². The fourth-order valence-corrected chi connectivity index (χ4v) is 2.50. The number of nitrogens with zero attached hydrogens (tertiary/aromatic N) is 1. The summed E-state index contributed by atoms with van der Waals surface area (Å²) in [4.78, 5) is 13.9. The number of amides is 1. The summed E-state index contributed by atoms with van der Waals surface area (Å²) >= 11 is 0. The van der Waals surface area contributed by atoms with Gasteiger partial charge in [0.1, 0.15) is 18.5 Å². The Morgan fingerprint density at radius 2 is 2.13 bits per heavy atom. The van der Waals surface area contributed by atoms with E-state index in [4.69, 9.17) is 14.2 Å². The Balaban J connectivity index is 1.64. The van der Waals surface area contributed by atoms with Crippen LogP contribution in [0.25, 0.3) is 0 Å². The third-order valence-corrected chi connectivity index (χ3v) is 3.97. The van der Waals surface area contributed by atoms with Crippen molar-refractivity contribution < 1.29 is 19.0 Å². The van der Waals surface area contributed by atoms with Crippen LogP contribution in [0.4, 0.5) is 0 Å². The smallest absolute Gasteiger partial charge is 0.251 e. The molecule has 0 saturated carbocycles. The highest BCUT2D eigenvalue weighted by molar-refractivity contribution is 5.80. The zero-order valence-corrected chi connectivity index (χ0v) is 14.1. The molecule has 1 heterocycles. The molecule has 5 nitrogen and oxygen atoms in total. The Kier molecular flexibility index (Phi) is 7.36. The summed E-state index contributed by atoms with van der Waals surface area (Å²) in [6.45, 7) is 4.07. The SMILES string of the molecule is CC(OCC1CCCCO1)C(=O)N(C)CCOc1ccccc1. The van der Waals surface area contributed by atoms with Crippen LogP contribution in [-0.4, -0.2) is 56.4 Å². The van der Waals surface area contributed by atoms with Crippen LogP contribution in [0.3, 0.4) is 0 Å². The quantitative estimate of drug-likeness (QED) is 0.738. The van der Waals surface area contributed by atoms with Gasteiger partial charge in [0, 0.05) is 13.7 Å². The third-order valence-electron chi connectivity index (χ3n) is 3.97. The van der Waals surface area contributed by atoms with Crippen LogP contribution in [0.15, 0.2) is 30.3 Å². The van der Waals surface area contributed by atoms with Gasteiger partial charge in [0.05, 0.1) is 19.3 Å². The topological polar surface area (TPSA) is 48.0 Å². The van der Waals surface area contributed by atoms with Gasteiger partial charge in [-0.2, -0.15) is 0 Å². The van der Waals surface area contributed by atoms with Gasteiger partial charge in [0.25, 0.3) is 5.91 Å². The minimum absolute atomic E-state index is 0.0301. The predicted octanol–water partition coefficient (Wildman–Crippen LogP) is 2.50. The summed E-state index contributed by atoms with van der Waals surface area (Å²) in [5.41, 5.74) is 0. The molecule has 1 aromatic rings. The first-order valence-electron chi connectivity index (χ1n) is 8.33. The first-order chi connectivity index (χ1) is 11.2. The Morgan fingerprint density at radius 3 is 2.83 bits per heavy atom. The third kappa shape index (κ3) is 6.20. The standard InChI is InChI=1S/C18H27NO4/c1-15(23-14-17-10-6-7-12-21-17)18(20)19(2)11-13-22-16-8-4-3-5-9-16/h3-5,8-9,15,17H,6-7,10-14H2,1-2H3. The monoisotopic (exact) mass is 321 g/mol. The number of likely N-dealkylation sites (N-methyl/N-ethyl adjacent to an activating group) is 1. The van der Waals surface area contributed by atoms with Crippen LogP contribution in [0, 0.1) is 0 Å². The van der Waals surface area contributed by atoms with Crippen molar-refractivity contribution in [2.45, 2.75) is 38.4 Å². The number of carbonyl (C=O) groups is 1. The van der Waals surface area contributed by atoms with E-state index in [2.05, 4.69) is 0 Å². The molecule has 2 rings (SSSR count). The lowest BCUT2D eigenvalue weighted by atomic mass is 10.1. The van der Waals surface area contributed by atoms with Crippen LogP contribution >= 0.6 is 0 Å². The predicted molar refractivity (Wildman–Crippen MR) is 88.6 cm³/mol. The molecular weight excluding hydrogens is 294 g/mol. The average molecular weight is 321 g/mol. The highest BCUT2D eigenvalue weighted by Crippen LogP contribution is 2.14. The number of hydrogen-bond acceptors (Lipinski definition) is 4. The minimum atomic E-state index is -0.456. The lowest BCUT2D eigenvalue weighted by Crippen LogP contribution is -2.40. The van der Waals surface area contributed by atoms with E-state index in [1.807, 2.05) is 30.3 Å². The molecule has 0 aromatic heterocycles. The maximum Gasteiger partial charge on any atom is 0.251 e. The molecule has 2 unspecified atom stereocenters. The molecule has 1 aromatic carbocycles. The van der Waals surface area contributed by atoms with Crippen molar-refractivity contribution in [1.82, 2.24) is 4.90 Å². The molecule has 0 spiro atoms. The van der Waals surface area contributed by atoms with E-state index in [-0.39, 0.29) is 12.0 Å². The molecule has 2 atom stereocenters. The summed E-state index contributed by atoms with van der Waals surface area (Å²) in [6, 6.07) is 9.59. The van der Waals surface area contributed by atoms with Crippen molar-refractivity contribution in [2.75, 3.05) is 33.4 Å². The first kappa shape index (κ1) is 17.8. The molecule has 1 saturated heterocycles. The van der Waals surface area contributed by atoms with Crippen LogP contribution in [-0.2, 0) is 14.3 Å². The molecule has 1 aliphatic heterocycles. The van der Waals surface area contributed by atoms with E-state index in [0.29, 0.717) is 19.8 Å². The van der Waals surface area contributed by atoms with E-state index in [1.165, 1.54) is 6.42 Å². The molecular formula is C18H27NO4. The van der Waals surface area contributed by atoms with E-state index in [1.54, 1.807) is 18.9 Å². The van der Waals surface area contributed by atoms with Gasteiger partial charge in [-0.15, -0.1) is 0 Å². The fraction of sp³-hybridized carbons (Fsp3) is 0.611. The first-order valence-corrected chi connectivity index (χ1v) is 8.33. The largest absolute Gasteiger partial charge is 0.492 e. The Labute approximate surface area is 138 Å². The van der Waals surface area contributed by atoms with Gasteiger partial charge in [-0.25, -0.2) is 0 Å². The molecule has 23 heavy (non-hydrogen) atoms. The second kappa shape index (κ2) is 9.53. The van der Waals surface area contributed by atoms with E-state index in [9.17, 15) is 4.79 Å². The molecule has 0 aliphatic carbocycles.